The molecular weight excluding hydrogens is 310 g/mol. The molecule has 22 heavy (non-hydrogen) atoms. The van der Waals surface area contributed by atoms with Crippen molar-refractivity contribution in [1.29, 1.82) is 0 Å². The first-order chi connectivity index (χ1) is 10.0. The van der Waals surface area contributed by atoms with Gasteiger partial charge in [0.1, 0.15) is 6.04 Å². The van der Waals surface area contributed by atoms with Crippen LogP contribution in [0.25, 0.3) is 0 Å². The molecule has 4 N–H and O–H groups in total. The highest BCUT2D eigenvalue weighted by Crippen LogP contribution is 2.18. The number of halogens is 1. The monoisotopic (exact) mass is 327 g/mol. The summed E-state index contributed by atoms with van der Waals surface area (Å²) in [5.41, 5.74) is 5.77. The van der Waals surface area contributed by atoms with Gasteiger partial charge in [0.25, 0.3) is 5.91 Å². The van der Waals surface area contributed by atoms with Crippen LogP contribution in [0.1, 0.15) is 16.8 Å². The van der Waals surface area contributed by atoms with Gasteiger partial charge >= 0.3 is 5.97 Å². The Kier molecular flexibility index (Phi) is 6.33. The fourth-order valence-electron chi connectivity index (χ4n) is 2.43. The Bertz CT molecular complexity index is 552. The number of rotatable bonds is 4. The molecule has 2 amide bonds. The number of hydrogen-bond donors (Lipinski definition) is 3. The van der Waals surface area contributed by atoms with E-state index in [0.717, 1.165) is 0 Å². The molecule has 0 saturated carbocycles. The van der Waals surface area contributed by atoms with Crippen LogP contribution in [0, 0.1) is 0 Å². The standard InChI is InChI=1S/C14H17N3O4.ClH/c15-7-12(18)17-8-10(6-11(17)14(20)21)16-13(19)9-4-2-1-3-5-9;/h1-5,10-11H,6-8,15H2,(H,16,19)(H,20,21);1H/t10-,11+;/m1./s1. The zero-order chi connectivity index (χ0) is 15.4. The van der Waals surface area contributed by atoms with Crippen LogP contribution in [0.2, 0.25) is 0 Å². The van der Waals surface area contributed by atoms with E-state index in [-0.39, 0.29) is 37.8 Å². The van der Waals surface area contributed by atoms with E-state index in [0.29, 0.717) is 5.56 Å². The van der Waals surface area contributed by atoms with Gasteiger partial charge in [0.15, 0.2) is 0 Å². The van der Waals surface area contributed by atoms with Gasteiger partial charge in [0.2, 0.25) is 5.91 Å². The van der Waals surface area contributed by atoms with Crippen LogP contribution in [0.15, 0.2) is 30.3 Å². The zero-order valence-electron chi connectivity index (χ0n) is 11.8. The molecule has 0 aliphatic carbocycles. The molecule has 0 aromatic heterocycles. The molecule has 1 fully saturated rings. The topological polar surface area (TPSA) is 113 Å². The summed E-state index contributed by atoms with van der Waals surface area (Å²) in [6.07, 6.45) is 0.180. The minimum absolute atomic E-state index is 0. The van der Waals surface area contributed by atoms with Crippen molar-refractivity contribution >= 4 is 30.2 Å². The Morgan fingerprint density at radius 1 is 1.27 bits per heavy atom. The number of carbonyl (C=O) groups is 3. The number of amides is 2. The van der Waals surface area contributed by atoms with E-state index in [4.69, 9.17) is 10.8 Å². The highest BCUT2D eigenvalue weighted by Gasteiger charge is 2.39. The van der Waals surface area contributed by atoms with Crippen LogP contribution < -0.4 is 11.1 Å². The molecule has 7 nitrogen and oxygen atoms in total. The number of nitrogens with one attached hydrogen (secondary N) is 1. The molecule has 8 heteroatoms. The normalized spacial score (nSPS) is 20.1. The van der Waals surface area contributed by atoms with E-state index in [1.807, 2.05) is 0 Å². The minimum Gasteiger partial charge on any atom is -0.480 e. The molecule has 0 radical (unpaired) electrons. The lowest BCUT2D eigenvalue weighted by atomic mass is 10.1. The molecule has 1 aliphatic rings. The van der Waals surface area contributed by atoms with Gasteiger partial charge in [-0.1, -0.05) is 18.2 Å². The molecule has 2 rings (SSSR count). The van der Waals surface area contributed by atoms with Crippen molar-refractivity contribution in [2.75, 3.05) is 13.1 Å². The van der Waals surface area contributed by atoms with Gasteiger partial charge in [-0.05, 0) is 12.1 Å². The second-order valence-electron chi connectivity index (χ2n) is 4.88. The van der Waals surface area contributed by atoms with Crippen molar-refractivity contribution in [1.82, 2.24) is 10.2 Å². The van der Waals surface area contributed by atoms with Crippen molar-refractivity contribution in [2.45, 2.75) is 18.5 Å². The number of likely N-dealkylation sites (tertiary alicyclic amines) is 1. The number of aliphatic carboxylic acids is 1. The molecule has 0 bridgehead atoms. The molecule has 1 aromatic carbocycles. The molecule has 1 saturated heterocycles. The van der Waals surface area contributed by atoms with Crippen LogP contribution in [0.4, 0.5) is 0 Å². The Balaban J connectivity index is 0.00000242. The lowest BCUT2D eigenvalue weighted by molar-refractivity contribution is -0.147. The number of nitrogens with two attached hydrogens (primary N) is 1. The first kappa shape index (κ1) is 17.9. The van der Waals surface area contributed by atoms with Crippen molar-refractivity contribution in [3.05, 3.63) is 35.9 Å². The van der Waals surface area contributed by atoms with Crippen LogP contribution in [0.3, 0.4) is 0 Å². The van der Waals surface area contributed by atoms with Gasteiger partial charge in [0, 0.05) is 24.6 Å². The molecule has 1 aromatic rings. The molecule has 2 atom stereocenters. The molecule has 0 unspecified atom stereocenters. The zero-order valence-corrected chi connectivity index (χ0v) is 12.6. The SMILES string of the molecule is Cl.NCC(=O)N1C[C@H](NC(=O)c2ccccc2)C[C@H]1C(=O)O. The Morgan fingerprint density at radius 3 is 2.45 bits per heavy atom. The Morgan fingerprint density at radius 2 is 1.91 bits per heavy atom. The van der Waals surface area contributed by atoms with Crippen LogP contribution in [-0.4, -0.2) is 53.0 Å². The van der Waals surface area contributed by atoms with Crippen LogP contribution >= 0.6 is 12.4 Å². The second-order valence-corrected chi connectivity index (χ2v) is 4.88. The van der Waals surface area contributed by atoms with Crippen molar-refractivity contribution in [2.24, 2.45) is 5.73 Å². The maximum absolute atomic E-state index is 12.0. The maximum atomic E-state index is 12.0. The maximum Gasteiger partial charge on any atom is 0.326 e. The number of hydrogen-bond acceptors (Lipinski definition) is 4. The lowest BCUT2D eigenvalue weighted by Gasteiger charge is -2.20. The van der Waals surface area contributed by atoms with Gasteiger partial charge < -0.3 is 21.1 Å². The summed E-state index contributed by atoms with van der Waals surface area (Å²) in [7, 11) is 0. The Hall–Kier alpha value is -2.12. The van der Waals surface area contributed by atoms with E-state index >= 15 is 0 Å². The average Bonchev–Trinajstić information content (AvgIpc) is 2.91. The minimum atomic E-state index is -1.09. The molecule has 1 heterocycles. The van der Waals surface area contributed by atoms with Gasteiger partial charge in [-0.25, -0.2) is 4.79 Å². The van der Waals surface area contributed by atoms with E-state index in [2.05, 4.69) is 5.32 Å². The second kappa shape index (κ2) is 7.77. The number of benzene rings is 1. The van der Waals surface area contributed by atoms with E-state index in [9.17, 15) is 14.4 Å². The number of nitrogens with zero attached hydrogens (tertiary/aromatic N) is 1. The average molecular weight is 328 g/mol. The first-order valence-corrected chi connectivity index (χ1v) is 6.61. The van der Waals surface area contributed by atoms with Gasteiger partial charge in [0.05, 0.1) is 6.54 Å². The van der Waals surface area contributed by atoms with Gasteiger partial charge in [-0.3, -0.25) is 9.59 Å². The van der Waals surface area contributed by atoms with E-state index < -0.39 is 24.0 Å². The highest BCUT2D eigenvalue weighted by atomic mass is 35.5. The quantitative estimate of drug-likeness (QED) is 0.712. The van der Waals surface area contributed by atoms with E-state index in [1.54, 1.807) is 30.3 Å². The summed E-state index contributed by atoms with van der Waals surface area (Å²) in [4.78, 5) is 36.1. The summed E-state index contributed by atoms with van der Waals surface area (Å²) < 4.78 is 0. The third-order valence-corrected chi connectivity index (χ3v) is 3.45. The molecular formula is C14H18ClN3O4. The lowest BCUT2D eigenvalue weighted by Crippen LogP contribution is -2.44. The first-order valence-electron chi connectivity index (χ1n) is 6.61. The fourth-order valence-corrected chi connectivity index (χ4v) is 2.43. The Labute approximate surface area is 133 Å². The molecule has 1 aliphatic heterocycles. The third-order valence-electron chi connectivity index (χ3n) is 3.45. The third kappa shape index (κ3) is 3.96. The number of carboxylic acids is 1. The smallest absolute Gasteiger partial charge is 0.326 e. The van der Waals surface area contributed by atoms with Crippen LogP contribution in [0.5, 0.6) is 0 Å². The van der Waals surface area contributed by atoms with Gasteiger partial charge in [-0.2, -0.15) is 0 Å². The largest absolute Gasteiger partial charge is 0.480 e. The fraction of sp³-hybridized carbons (Fsp3) is 0.357. The van der Waals surface area contributed by atoms with Gasteiger partial charge in [-0.15, -0.1) is 12.4 Å². The summed E-state index contributed by atoms with van der Waals surface area (Å²) in [6, 6.07) is 7.29. The summed E-state index contributed by atoms with van der Waals surface area (Å²) >= 11 is 0. The number of carboxylic acid groups (broad SMARTS) is 1. The molecule has 120 valence electrons. The van der Waals surface area contributed by atoms with Crippen LogP contribution in [-0.2, 0) is 9.59 Å². The predicted octanol–water partition coefficient (Wildman–Crippen LogP) is -0.149. The number of carbonyl (C=O) groups excluding carboxylic acids is 2. The van der Waals surface area contributed by atoms with Crippen molar-refractivity contribution in [3.63, 3.8) is 0 Å². The summed E-state index contributed by atoms with van der Waals surface area (Å²) in [5.74, 6) is -1.81. The summed E-state index contributed by atoms with van der Waals surface area (Å²) in [5, 5.41) is 11.9. The molecule has 0 spiro atoms. The summed E-state index contributed by atoms with van der Waals surface area (Å²) in [6.45, 7) is -0.0886. The predicted molar refractivity (Wildman–Crippen MR) is 81.8 cm³/mol. The highest BCUT2D eigenvalue weighted by molar-refractivity contribution is 5.94. The van der Waals surface area contributed by atoms with E-state index in [1.165, 1.54) is 4.90 Å². The van der Waals surface area contributed by atoms with Crippen molar-refractivity contribution in [3.8, 4) is 0 Å². The van der Waals surface area contributed by atoms with Crippen molar-refractivity contribution < 1.29 is 19.5 Å².